The van der Waals surface area contributed by atoms with Crippen molar-refractivity contribution in [1.82, 2.24) is 15.0 Å². The molecular weight excluding hydrogens is 258 g/mol. The van der Waals surface area contributed by atoms with Crippen LogP contribution < -0.4 is 0 Å². The summed E-state index contributed by atoms with van der Waals surface area (Å²) in [5.41, 5.74) is 0. The van der Waals surface area contributed by atoms with Crippen molar-refractivity contribution in [2.24, 2.45) is 5.92 Å². The summed E-state index contributed by atoms with van der Waals surface area (Å²) < 4.78 is 10.1. The Morgan fingerprint density at radius 2 is 2.25 bits per heavy atom. The molecule has 2 aliphatic rings. The Balaban J connectivity index is 1.63. The lowest BCUT2D eigenvalue weighted by Crippen LogP contribution is -2.44. The van der Waals surface area contributed by atoms with E-state index in [-0.39, 0.29) is 11.8 Å². The van der Waals surface area contributed by atoms with Crippen LogP contribution in [0.15, 0.2) is 4.52 Å². The maximum Gasteiger partial charge on any atom is 0.252 e. The second-order valence-corrected chi connectivity index (χ2v) is 5.73. The van der Waals surface area contributed by atoms with Crippen LogP contribution in [-0.2, 0) is 16.1 Å². The van der Waals surface area contributed by atoms with Gasteiger partial charge in [0.15, 0.2) is 5.82 Å². The van der Waals surface area contributed by atoms with E-state index in [1.165, 1.54) is 6.42 Å². The third-order valence-corrected chi connectivity index (χ3v) is 4.30. The minimum atomic E-state index is 0.196. The Kier molecular flexibility index (Phi) is 4.00. The van der Waals surface area contributed by atoms with Gasteiger partial charge in [0.25, 0.3) is 5.89 Å². The standard InChI is InChI=1S/C14H21N3O3/c1-19-9-12-15-13(16-20-12)11-6-3-7-17(8-11)14(18)10-4-2-5-10/h10-11H,2-9H2,1H3. The van der Waals surface area contributed by atoms with Gasteiger partial charge in [0.1, 0.15) is 6.61 Å². The predicted molar refractivity (Wildman–Crippen MR) is 70.9 cm³/mol. The molecule has 0 radical (unpaired) electrons. The minimum Gasteiger partial charge on any atom is -0.375 e. The van der Waals surface area contributed by atoms with Gasteiger partial charge in [-0.1, -0.05) is 11.6 Å². The van der Waals surface area contributed by atoms with Gasteiger partial charge < -0.3 is 14.2 Å². The molecule has 0 bridgehead atoms. The number of rotatable bonds is 4. The fourth-order valence-corrected chi connectivity index (χ4v) is 2.92. The first-order chi connectivity index (χ1) is 9.78. The molecule has 0 spiro atoms. The van der Waals surface area contributed by atoms with Crippen LogP contribution in [0.5, 0.6) is 0 Å². The van der Waals surface area contributed by atoms with E-state index in [0.29, 0.717) is 24.2 Å². The van der Waals surface area contributed by atoms with Gasteiger partial charge in [-0.15, -0.1) is 0 Å². The summed E-state index contributed by atoms with van der Waals surface area (Å²) in [4.78, 5) is 18.7. The number of aromatic nitrogens is 2. The van der Waals surface area contributed by atoms with E-state index < -0.39 is 0 Å². The lowest BCUT2D eigenvalue weighted by molar-refractivity contribution is -0.139. The predicted octanol–water partition coefficient (Wildman–Crippen LogP) is 1.72. The van der Waals surface area contributed by atoms with Crippen LogP contribution in [0.2, 0.25) is 0 Å². The van der Waals surface area contributed by atoms with E-state index >= 15 is 0 Å². The molecule has 1 aromatic rings. The highest BCUT2D eigenvalue weighted by Crippen LogP contribution is 2.31. The molecular formula is C14H21N3O3. The summed E-state index contributed by atoms with van der Waals surface area (Å²) in [5.74, 6) is 2.00. The Morgan fingerprint density at radius 1 is 1.40 bits per heavy atom. The van der Waals surface area contributed by atoms with Crippen LogP contribution in [0.25, 0.3) is 0 Å². The van der Waals surface area contributed by atoms with E-state index in [1.807, 2.05) is 4.90 Å². The van der Waals surface area contributed by atoms with Crippen LogP contribution in [0.4, 0.5) is 0 Å². The first-order valence-electron chi connectivity index (χ1n) is 7.38. The highest BCUT2D eigenvalue weighted by Gasteiger charge is 2.33. The van der Waals surface area contributed by atoms with Crippen molar-refractivity contribution in [2.75, 3.05) is 20.2 Å². The third-order valence-electron chi connectivity index (χ3n) is 4.30. The van der Waals surface area contributed by atoms with Gasteiger partial charge in [-0.25, -0.2) is 0 Å². The molecule has 2 fully saturated rings. The molecule has 1 aliphatic carbocycles. The Morgan fingerprint density at radius 3 is 2.95 bits per heavy atom. The summed E-state index contributed by atoms with van der Waals surface area (Å²) >= 11 is 0. The van der Waals surface area contributed by atoms with Gasteiger partial charge in [0.05, 0.1) is 0 Å². The van der Waals surface area contributed by atoms with Crippen molar-refractivity contribution in [3.63, 3.8) is 0 Å². The van der Waals surface area contributed by atoms with Crippen molar-refractivity contribution < 1.29 is 14.1 Å². The zero-order chi connectivity index (χ0) is 13.9. The summed E-state index contributed by atoms with van der Waals surface area (Å²) in [6.07, 6.45) is 5.33. The number of methoxy groups -OCH3 is 1. The van der Waals surface area contributed by atoms with Crippen LogP contribution in [0, 0.1) is 5.92 Å². The van der Waals surface area contributed by atoms with Crippen molar-refractivity contribution in [1.29, 1.82) is 0 Å². The van der Waals surface area contributed by atoms with Crippen molar-refractivity contribution in [3.8, 4) is 0 Å². The number of nitrogens with zero attached hydrogens (tertiary/aromatic N) is 3. The van der Waals surface area contributed by atoms with E-state index in [9.17, 15) is 4.79 Å². The topological polar surface area (TPSA) is 68.5 Å². The second kappa shape index (κ2) is 5.91. The van der Waals surface area contributed by atoms with Gasteiger partial charge in [-0.3, -0.25) is 4.79 Å². The minimum absolute atomic E-state index is 0.196. The number of hydrogen-bond acceptors (Lipinski definition) is 5. The van der Waals surface area contributed by atoms with E-state index in [0.717, 1.165) is 38.8 Å². The Bertz CT molecular complexity index is 470. The molecule has 1 saturated carbocycles. The zero-order valence-electron chi connectivity index (χ0n) is 11.9. The summed E-state index contributed by atoms with van der Waals surface area (Å²) in [6, 6.07) is 0. The molecule has 1 unspecified atom stereocenters. The normalized spacial score (nSPS) is 23.6. The van der Waals surface area contributed by atoms with Gasteiger partial charge in [0.2, 0.25) is 5.91 Å². The number of carbonyl (C=O) groups excluding carboxylic acids is 1. The number of ether oxygens (including phenoxy) is 1. The number of piperidine rings is 1. The molecule has 1 saturated heterocycles. The van der Waals surface area contributed by atoms with Crippen LogP contribution in [0.1, 0.15) is 49.7 Å². The molecule has 0 aromatic carbocycles. The van der Waals surface area contributed by atoms with Crippen molar-refractivity contribution >= 4 is 5.91 Å². The number of amides is 1. The monoisotopic (exact) mass is 279 g/mol. The fraction of sp³-hybridized carbons (Fsp3) is 0.786. The van der Waals surface area contributed by atoms with E-state index in [2.05, 4.69) is 10.1 Å². The smallest absolute Gasteiger partial charge is 0.252 e. The molecule has 20 heavy (non-hydrogen) atoms. The summed E-state index contributed by atoms with van der Waals surface area (Å²) in [7, 11) is 1.60. The van der Waals surface area contributed by atoms with Gasteiger partial charge in [-0.05, 0) is 25.7 Å². The Hall–Kier alpha value is -1.43. The fourth-order valence-electron chi connectivity index (χ4n) is 2.92. The molecule has 1 atom stereocenters. The van der Waals surface area contributed by atoms with Crippen LogP contribution >= 0.6 is 0 Å². The van der Waals surface area contributed by atoms with Crippen molar-refractivity contribution in [3.05, 3.63) is 11.7 Å². The Labute approximate surface area is 118 Å². The first-order valence-corrected chi connectivity index (χ1v) is 7.38. The summed E-state index contributed by atoms with van der Waals surface area (Å²) in [6.45, 7) is 1.93. The highest BCUT2D eigenvalue weighted by atomic mass is 16.5. The maximum absolute atomic E-state index is 12.3. The zero-order valence-corrected chi connectivity index (χ0v) is 11.9. The van der Waals surface area contributed by atoms with Crippen LogP contribution in [-0.4, -0.2) is 41.1 Å². The molecule has 3 rings (SSSR count). The number of carbonyl (C=O) groups is 1. The largest absolute Gasteiger partial charge is 0.375 e. The second-order valence-electron chi connectivity index (χ2n) is 5.73. The molecule has 1 amide bonds. The first kappa shape index (κ1) is 13.5. The average Bonchev–Trinajstić information content (AvgIpc) is 2.86. The summed E-state index contributed by atoms with van der Waals surface area (Å²) in [5, 5.41) is 4.03. The van der Waals surface area contributed by atoms with E-state index in [4.69, 9.17) is 9.26 Å². The highest BCUT2D eigenvalue weighted by molar-refractivity contribution is 5.79. The SMILES string of the molecule is COCc1nc(C2CCCN(C(=O)C3CCC3)C2)no1. The molecule has 110 valence electrons. The van der Waals surface area contributed by atoms with Gasteiger partial charge in [0, 0.05) is 32.0 Å². The molecule has 2 heterocycles. The van der Waals surface area contributed by atoms with E-state index in [1.54, 1.807) is 7.11 Å². The maximum atomic E-state index is 12.3. The molecule has 6 nitrogen and oxygen atoms in total. The van der Waals surface area contributed by atoms with Gasteiger partial charge >= 0.3 is 0 Å². The third kappa shape index (κ3) is 2.70. The molecule has 1 aromatic heterocycles. The van der Waals surface area contributed by atoms with Crippen molar-refractivity contribution in [2.45, 2.75) is 44.6 Å². The lowest BCUT2D eigenvalue weighted by Gasteiger charge is -2.36. The number of likely N-dealkylation sites (tertiary alicyclic amines) is 1. The average molecular weight is 279 g/mol. The lowest BCUT2D eigenvalue weighted by atomic mass is 9.83. The quantitative estimate of drug-likeness (QED) is 0.839. The molecule has 0 N–H and O–H groups in total. The molecule has 1 aliphatic heterocycles. The molecule has 6 heteroatoms. The van der Waals surface area contributed by atoms with Gasteiger partial charge in [-0.2, -0.15) is 4.98 Å². The van der Waals surface area contributed by atoms with Crippen LogP contribution in [0.3, 0.4) is 0 Å². The number of hydrogen-bond donors (Lipinski definition) is 0.